The van der Waals surface area contributed by atoms with E-state index in [2.05, 4.69) is 12.1 Å². The molecule has 6 heteroatoms. The number of rotatable bonds is 3. The molecular weight excluding hydrogens is 334 g/mol. The molecule has 2 fully saturated rings. The Morgan fingerprint density at radius 1 is 1.27 bits per heavy atom. The molecule has 3 aliphatic rings. The number of aromatic hydroxyl groups is 2. The first-order valence-corrected chi connectivity index (χ1v) is 9.36. The third kappa shape index (κ3) is 2.54. The van der Waals surface area contributed by atoms with E-state index < -0.39 is 12.6 Å². The minimum atomic E-state index is -1.01. The molecule has 0 amide bonds. The number of hydrogen-bond donors (Lipinski definition) is 3. The van der Waals surface area contributed by atoms with Crippen molar-refractivity contribution in [3.05, 3.63) is 23.3 Å². The number of hydrogen-bond acceptors (Lipinski definition) is 5. The monoisotopic (exact) mass is 359 g/mol. The summed E-state index contributed by atoms with van der Waals surface area (Å²) in [5.74, 6) is 0.431. The third-order valence-corrected chi connectivity index (χ3v) is 6.97. The summed E-state index contributed by atoms with van der Waals surface area (Å²) < 4.78 is 0. The van der Waals surface area contributed by atoms with E-state index in [1.54, 1.807) is 6.07 Å². The Hall–Kier alpha value is -2.24. The maximum Gasteiger partial charge on any atom is 0.344 e. The van der Waals surface area contributed by atoms with E-state index in [4.69, 9.17) is 9.94 Å². The van der Waals surface area contributed by atoms with Crippen LogP contribution >= 0.6 is 0 Å². The first-order chi connectivity index (χ1) is 12.4. The molecular formula is C20H25NO5. The Morgan fingerprint density at radius 3 is 2.85 bits per heavy atom. The summed E-state index contributed by atoms with van der Waals surface area (Å²) in [6, 6.07) is 3.58. The normalized spacial score (nSPS) is 34.0. The summed E-state index contributed by atoms with van der Waals surface area (Å²) in [5.41, 5.74) is 3.06. The summed E-state index contributed by atoms with van der Waals surface area (Å²) in [6.45, 7) is 1.85. The van der Waals surface area contributed by atoms with Crippen molar-refractivity contribution in [1.29, 1.82) is 0 Å². The van der Waals surface area contributed by atoms with Gasteiger partial charge in [-0.3, -0.25) is 0 Å². The van der Waals surface area contributed by atoms with Crippen molar-refractivity contribution in [3.63, 3.8) is 0 Å². The number of carboxylic acids is 1. The fraction of sp³-hybridized carbons (Fsp3) is 0.600. The van der Waals surface area contributed by atoms with Gasteiger partial charge in [0.25, 0.3) is 0 Å². The van der Waals surface area contributed by atoms with Gasteiger partial charge < -0.3 is 20.2 Å². The molecule has 0 heterocycles. The Morgan fingerprint density at radius 2 is 2.08 bits per heavy atom. The average Bonchev–Trinajstić information content (AvgIpc) is 2.94. The lowest BCUT2D eigenvalue weighted by Gasteiger charge is -2.49. The molecule has 6 nitrogen and oxygen atoms in total. The van der Waals surface area contributed by atoms with Crippen LogP contribution in [0.25, 0.3) is 0 Å². The molecule has 26 heavy (non-hydrogen) atoms. The quantitative estimate of drug-likeness (QED) is 0.567. The van der Waals surface area contributed by atoms with Crippen LogP contribution in [0, 0.1) is 17.3 Å². The summed E-state index contributed by atoms with van der Waals surface area (Å²) in [4.78, 5) is 15.7. The van der Waals surface area contributed by atoms with E-state index in [1.165, 1.54) is 5.56 Å². The SMILES string of the molecule is C[C@]12CC[C@@H]3c4ccc(O)c(O)c4CC[C@H]3[C@@H]1CCC2=NOCC(=O)O. The molecule has 2 saturated carbocycles. The maximum absolute atomic E-state index is 10.7. The van der Waals surface area contributed by atoms with Gasteiger partial charge in [0.1, 0.15) is 0 Å². The van der Waals surface area contributed by atoms with Crippen LogP contribution in [0.4, 0.5) is 0 Å². The van der Waals surface area contributed by atoms with E-state index in [1.807, 2.05) is 6.07 Å². The number of carboxylic acid groups (broad SMARTS) is 1. The zero-order valence-corrected chi connectivity index (χ0v) is 14.9. The number of fused-ring (bicyclic) bond motifs is 5. The second-order valence-corrected chi connectivity index (χ2v) is 8.12. The van der Waals surface area contributed by atoms with E-state index >= 15 is 0 Å². The number of carbonyl (C=O) groups is 1. The molecule has 0 aromatic heterocycles. The van der Waals surface area contributed by atoms with Crippen LogP contribution in [-0.4, -0.2) is 33.6 Å². The van der Waals surface area contributed by atoms with E-state index in [-0.39, 0.29) is 16.9 Å². The molecule has 0 radical (unpaired) electrons. The van der Waals surface area contributed by atoms with E-state index in [0.29, 0.717) is 17.8 Å². The minimum Gasteiger partial charge on any atom is -0.504 e. The van der Waals surface area contributed by atoms with Gasteiger partial charge in [-0.05, 0) is 67.9 Å². The Bertz CT molecular complexity index is 774. The highest BCUT2D eigenvalue weighted by Gasteiger charge is 2.54. The van der Waals surface area contributed by atoms with Crippen molar-refractivity contribution in [2.24, 2.45) is 22.4 Å². The van der Waals surface area contributed by atoms with E-state index in [9.17, 15) is 15.0 Å². The van der Waals surface area contributed by atoms with Crippen LogP contribution in [0.2, 0.25) is 0 Å². The average molecular weight is 359 g/mol. The zero-order valence-electron chi connectivity index (χ0n) is 14.9. The van der Waals surface area contributed by atoms with Gasteiger partial charge in [0.05, 0.1) is 5.71 Å². The van der Waals surface area contributed by atoms with Gasteiger partial charge in [0, 0.05) is 11.0 Å². The lowest BCUT2D eigenvalue weighted by molar-refractivity contribution is -0.142. The van der Waals surface area contributed by atoms with Crippen molar-refractivity contribution < 1.29 is 25.0 Å². The van der Waals surface area contributed by atoms with Crippen LogP contribution in [0.1, 0.15) is 56.1 Å². The Labute approximate surface area is 152 Å². The van der Waals surface area contributed by atoms with Crippen molar-refractivity contribution >= 4 is 11.7 Å². The second kappa shape index (κ2) is 6.18. The van der Waals surface area contributed by atoms with Crippen molar-refractivity contribution in [3.8, 4) is 11.5 Å². The van der Waals surface area contributed by atoms with Crippen molar-refractivity contribution in [1.82, 2.24) is 0 Å². The molecule has 1 aromatic carbocycles. The predicted octanol–water partition coefficient (Wildman–Crippen LogP) is 3.41. The molecule has 0 aliphatic heterocycles. The first-order valence-electron chi connectivity index (χ1n) is 9.36. The number of phenols is 2. The maximum atomic E-state index is 10.7. The van der Waals surface area contributed by atoms with Crippen LogP contribution in [0.15, 0.2) is 17.3 Å². The van der Waals surface area contributed by atoms with Crippen LogP contribution in [0.5, 0.6) is 11.5 Å². The topological polar surface area (TPSA) is 99.4 Å². The van der Waals surface area contributed by atoms with Gasteiger partial charge >= 0.3 is 5.97 Å². The summed E-state index contributed by atoms with van der Waals surface area (Å²) in [7, 11) is 0. The largest absolute Gasteiger partial charge is 0.504 e. The molecule has 0 bridgehead atoms. The van der Waals surface area contributed by atoms with Crippen LogP contribution in [0.3, 0.4) is 0 Å². The highest BCUT2D eigenvalue weighted by molar-refractivity contribution is 5.92. The van der Waals surface area contributed by atoms with Crippen molar-refractivity contribution in [2.45, 2.75) is 51.4 Å². The molecule has 0 spiro atoms. The molecule has 1 aromatic rings. The van der Waals surface area contributed by atoms with Crippen LogP contribution in [-0.2, 0) is 16.1 Å². The standard InChI is InChI=1S/C20H25NO5/c1-20-9-8-12-11-4-6-16(22)19(25)14(11)3-2-13(12)15(20)5-7-17(20)21-26-10-18(23)24/h4,6,12-13,15,22,25H,2-3,5,7-10H2,1H3,(H,23,24)/t12-,13-,15+,20+/m1/s1. The number of benzene rings is 1. The van der Waals surface area contributed by atoms with Gasteiger partial charge in [0.15, 0.2) is 11.5 Å². The summed E-state index contributed by atoms with van der Waals surface area (Å²) in [5, 5.41) is 33.0. The number of aliphatic carboxylic acids is 1. The minimum absolute atomic E-state index is 0.0316. The van der Waals surface area contributed by atoms with Gasteiger partial charge in [-0.1, -0.05) is 18.1 Å². The molecule has 140 valence electrons. The lowest BCUT2D eigenvalue weighted by Crippen LogP contribution is -2.42. The molecule has 3 aliphatic carbocycles. The molecule has 0 saturated heterocycles. The van der Waals surface area contributed by atoms with E-state index in [0.717, 1.165) is 49.8 Å². The number of oxime groups is 1. The number of phenolic OH excluding ortho intramolecular Hbond substituents is 2. The number of nitrogens with zero attached hydrogens (tertiary/aromatic N) is 1. The smallest absolute Gasteiger partial charge is 0.344 e. The highest BCUT2D eigenvalue weighted by Crippen LogP contribution is 2.60. The summed E-state index contributed by atoms with van der Waals surface area (Å²) >= 11 is 0. The first kappa shape index (κ1) is 17.2. The molecule has 0 unspecified atom stereocenters. The fourth-order valence-corrected chi connectivity index (χ4v) is 5.74. The zero-order chi connectivity index (χ0) is 18.5. The Kier molecular flexibility index (Phi) is 4.09. The third-order valence-electron chi connectivity index (χ3n) is 6.97. The fourth-order valence-electron chi connectivity index (χ4n) is 5.74. The van der Waals surface area contributed by atoms with Crippen molar-refractivity contribution in [2.75, 3.05) is 6.61 Å². The van der Waals surface area contributed by atoms with Gasteiger partial charge in [-0.15, -0.1) is 0 Å². The lowest BCUT2D eigenvalue weighted by atomic mass is 9.55. The Balaban J connectivity index is 1.60. The van der Waals surface area contributed by atoms with Gasteiger partial charge in [-0.25, -0.2) is 4.79 Å². The molecule has 3 N–H and O–H groups in total. The predicted molar refractivity (Wildman–Crippen MR) is 95.4 cm³/mol. The summed E-state index contributed by atoms with van der Waals surface area (Å²) in [6.07, 6.45) is 5.68. The molecule has 4 atom stereocenters. The molecule has 4 rings (SSSR count). The van der Waals surface area contributed by atoms with Gasteiger partial charge in [0.2, 0.25) is 6.61 Å². The van der Waals surface area contributed by atoms with Gasteiger partial charge in [-0.2, -0.15) is 0 Å². The van der Waals surface area contributed by atoms with Crippen LogP contribution < -0.4 is 0 Å². The second-order valence-electron chi connectivity index (χ2n) is 8.12. The highest BCUT2D eigenvalue weighted by atomic mass is 16.6.